The molecule has 0 amide bonds. The first-order valence-corrected chi connectivity index (χ1v) is 6.03. The van der Waals surface area contributed by atoms with Gasteiger partial charge in [-0.15, -0.1) is 0 Å². The summed E-state index contributed by atoms with van der Waals surface area (Å²) in [6.07, 6.45) is 2.56. The molecule has 2 aromatic rings. The van der Waals surface area contributed by atoms with Gasteiger partial charge in [-0.3, -0.25) is 0 Å². The number of hydrogen-bond donors (Lipinski definition) is 0. The number of aldehydes is 1. The fourth-order valence-electron chi connectivity index (χ4n) is 2.81. The van der Waals surface area contributed by atoms with E-state index in [9.17, 15) is 4.79 Å². The smallest absolute Gasteiger partial charge is 0.120 e. The molecule has 0 N–H and O–H groups in total. The zero-order valence-corrected chi connectivity index (χ0v) is 9.60. The normalized spacial score (nSPS) is 13.2. The first-order valence-electron chi connectivity index (χ1n) is 6.03. The van der Waals surface area contributed by atoms with Crippen molar-refractivity contribution in [2.24, 2.45) is 0 Å². The van der Waals surface area contributed by atoms with Crippen LogP contribution in [0.5, 0.6) is 0 Å². The Labute approximate surface area is 101 Å². The van der Waals surface area contributed by atoms with Gasteiger partial charge in [-0.05, 0) is 28.7 Å². The molecule has 1 heteroatoms. The summed E-state index contributed by atoms with van der Waals surface area (Å²) in [5.74, 6) is 0.396. The summed E-state index contributed by atoms with van der Waals surface area (Å²) in [7, 11) is 0. The van der Waals surface area contributed by atoms with Crippen molar-refractivity contribution < 1.29 is 4.79 Å². The summed E-state index contributed by atoms with van der Waals surface area (Å²) < 4.78 is 0. The van der Waals surface area contributed by atoms with E-state index in [0.29, 0.717) is 12.3 Å². The van der Waals surface area contributed by atoms with E-state index in [-0.39, 0.29) is 0 Å². The van der Waals surface area contributed by atoms with E-state index in [4.69, 9.17) is 0 Å². The highest BCUT2D eigenvalue weighted by molar-refractivity contribution is 5.78. The fraction of sp³-hybridized carbons (Fsp3) is 0.188. The van der Waals surface area contributed by atoms with E-state index in [2.05, 4.69) is 48.5 Å². The Kier molecular flexibility index (Phi) is 2.52. The van der Waals surface area contributed by atoms with Crippen LogP contribution >= 0.6 is 0 Å². The molecular weight excluding hydrogens is 208 g/mol. The van der Waals surface area contributed by atoms with Crippen molar-refractivity contribution in [3.63, 3.8) is 0 Å². The van der Waals surface area contributed by atoms with Gasteiger partial charge in [0, 0.05) is 12.3 Å². The van der Waals surface area contributed by atoms with Crippen LogP contribution < -0.4 is 0 Å². The minimum Gasteiger partial charge on any atom is -0.303 e. The third kappa shape index (κ3) is 1.59. The van der Waals surface area contributed by atoms with Gasteiger partial charge in [0.2, 0.25) is 0 Å². The predicted octanol–water partition coefficient (Wildman–Crippen LogP) is 3.78. The molecule has 0 bridgehead atoms. The van der Waals surface area contributed by atoms with Crippen LogP contribution in [0, 0.1) is 0 Å². The molecule has 3 rings (SSSR count). The second-order valence-electron chi connectivity index (χ2n) is 4.47. The SMILES string of the molecule is O=CCCC1c2ccccc2-c2ccccc21. The van der Waals surface area contributed by atoms with Gasteiger partial charge in [0.25, 0.3) is 0 Å². The average molecular weight is 222 g/mol. The summed E-state index contributed by atoms with van der Waals surface area (Å²) in [5, 5.41) is 0. The lowest BCUT2D eigenvalue weighted by Gasteiger charge is -2.11. The molecule has 0 saturated heterocycles. The van der Waals surface area contributed by atoms with Crippen molar-refractivity contribution in [2.45, 2.75) is 18.8 Å². The Morgan fingerprint density at radius 1 is 0.882 bits per heavy atom. The van der Waals surface area contributed by atoms with Crippen LogP contribution in [0.2, 0.25) is 0 Å². The predicted molar refractivity (Wildman–Crippen MR) is 69.0 cm³/mol. The Hall–Kier alpha value is -1.89. The largest absolute Gasteiger partial charge is 0.303 e. The monoisotopic (exact) mass is 222 g/mol. The highest BCUT2D eigenvalue weighted by atomic mass is 16.1. The Bertz CT molecular complexity index is 511. The molecule has 0 aliphatic heterocycles. The van der Waals surface area contributed by atoms with E-state index in [1.165, 1.54) is 22.3 Å². The Morgan fingerprint density at radius 3 is 1.94 bits per heavy atom. The number of carbonyl (C=O) groups excluding carboxylic acids is 1. The molecular formula is C16H14O. The molecule has 0 radical (unpaired) electrons. The summed E-state index contributed by atoms with van der Waals surface area (Å²) in [6.45, 7) is 0. The molecule has 1 nitrogen and oxygen atoms in total. The number of benzene rings is 2. The van der Waals surface area contributed by atoms with Gasteiger partial charge in [0.1, 0.15) is 6.29 Å². The van der Waals surface area contributed by atoms with Gasteiger partial charge in [-0.2, -0.15) is 0 Å². The summed E-state index contributed by atoms with van der Waals surface area (Å²) in [5.41, 5.74) is 5.41. The zero-order chi connectivity index (χ0) is 11.7. The van der Waals surface area contributed by atoms with Gasteiger partial charge in [0.15, 0.2) is 0 Å². The van der Waals surface area contributed by atoms with Gasteiger partial charge >= 0.3 is 0 Å². The van der Waals surface area contributed by atoms with E-state index in [0.717, 1.165) is 12.7 Å². The number of fused-ring (bicyclic) bond motifs is 3. The molecule has 0 aromatic heterocycles. The van der Waals surface area contributed by atoms with Gasteiger partial charge in [0.05, 0.1) is 0 Å². The summed E-state index contributed by atoms with van der Waals surface area (Å²) in [6, 6.07) is 17.0. The van der Waals surface area contributed by atoms with Gasteiger partial charge in [-0.25, -0.2) is 0 Å². The van der Waals surface area contributed by atoms with Crippen molar-refractivity contribution in [2.75, 3.05) is 0 Å². The second-order valence-corrected chi connectivity index (χ2v) is 4.47. The van der Waals surface area contributed by atoms with Crippen molar-refractivity contribution >= 4 is 6.29 Å². The van der Waals surface area contributed by atoms with E-state index < -0.39 is 0 Å². The molecule has 0 spiro atoms. The van der Waals surface area contributed by atoms with Gasteiger partial charge < -0.3 is 4.79 Å². The molecule has 84 valence electrons. The van der Waals surface area contributed by atoms with Crippen molar-refractivity contribution in [3.05, 3.63) is 59.7 Å². The first-order chi connectivity index (χ1) is 8.42. The molecule has 1 aliphatic rings. The quantitative estimate of drug-likeness (QED) is 0.722. The maximum Gasteiger partial charge on any atom is 0.120 e. The van der Waals surface area contributed by atoms with Crippen LogP contribution in [-0.2, 0) is 4.79 Å². The average Bonchev–Trinajstić information content (AvgIpc) is 2.71. The van der Waals surface area contributed by atoms with Gasteiger partial charge in [-0.1, -0.05) is 48.5 Å². The molecule has 17 heavy (non-hydrogen) atoms. The lowest BCUT2D eigenvalue weighted by Crippen LogP contribution is -1.96. The van der Waals surface area contributed by atoms with E-state index >= 15 is 0 Å². The maximum atomic E-state index is 10.6. The highest BCUT2D eigenvalue weighted by Gasteiger charge is 2.26. The van der Waals surface area contributed by atoms with E-state index in [1.807, 2.05) is 0 Å². The summed E-state index contributed by atoms with van der Waals surface area (Å²) in [4.78, 5) is 10.6. The lowest BCUT2D eigenvalue weighted by atomic mass is 9.92. The molecule has 1 aliphatic carbocycles. The van der Waals surface area contributed by atoms with Crippen molar-refractivity contribution in [1.82, 2.24) is 0 Å². The minimum absolute atomic E-state index is 0.396. The maximum absolute atomic E-state index is 10.6. The first kappa shape index (κ1) is 10.3. The van der Waals surface area contributed by atoms with Crippen LogP contribution in [0.25, 0.3) is 11.1 Å². The molecule has 0 saturated carbocycles. The number of rotatable bonds is 3. The number of hydrogen-bond acceptors (Lipinski definition) is 1. The Balaban J connectivity index is 2.13. The van der Waals surface area contributed by atoms with Crippen LogP contribution in [0.3, 0.4) is 0 Å². The van der Waals surface area contributed by atoms with Crippen molar-refractivity contribution in [3.8, 4) is 11.1 Å². The third-order valence-corrected chi connectivity index (χ3v) is 3.54. The lowest BCUT2D eigenvalue weighted by molar-refractivity contribution is -0.107. The van der Waals surface area contributed by atoms with Crippen LogP contribution in [0.15, 0.2) is 48.5 Å². The topological polar surface area (TPSA) is 17.1 Å². The third-order valence-electron chi connectivity index (χ3n) is 3.54. The minimum atomic E-state index is 0.396. The molecule has 0 unspecified atom stereocenters. The summed E-state index contributed by atoms with van der Waals surface area (Å²) >= 11 is 0. The highest BCUT2D eigenvalue weighted by Crippen LogP contribution is 2.46. The molecule has 0 atom stereocenters. The second kappa shape index (κ2) is 4.17. The molecule has 2 aromatic carbocycles. The van der Waals surface area contributed by atoms with Crippen LogP contribution in [-0.4, -0.2) is 6.29 Å². The van der Waals surface area contributed by atoms with Crippen molar-refractivity contribution in [1.29, 1.82) is 0 Å². The fourth-order valence-corrected chi connectivity index (χ4v) is 2.81. The number of carbonyl (C=O) groups is 1. The van der Waals surface area contributed by atoms with Crippen LogP contribution in [0.4, 0.5) is 0 Å². The standard InChI is InChI=1S/C16H14O/c17-11-5-10-16-14-8-3-1-6-12(14)13-7-2-4-9-15(13)16/h1-4,6-9,11,16H,5,10H2. The Morgan fingerprint density at radius 2 is 1.41 bits per heavy atom. The van der Waals surface area contributed by atoms with E-state index in [1.54, 1.807) is 0 Å². The van der Waals surface area contributed by atoms with Crippen LogP contribution in [0.1, 0.15) is 29.9 Å². The molecule has 0 fully saturated rings. The molecule has 0 heterocycles. The zero-order valence-electron chi connectivity index (χ0n) is 9.60.